The van der Waals surface area contributed by atoms with E-state index in [1.165, 1.54) is 0 Å². The van der Waals surface area contributed by atoms with E-state index < -0.39 is 17.6 Å². The molecule has 124 valence electrons. The van der Waals surface area contributed by atoms with Crippen LogP contribution < -0.4 is 5.32 Å². The lowest BCUT2D eigenvalue weighted by atomic mass is 9.97. The van der Waals surface area contributed by atoms with E-state index in [1.807, 2.05) is 41.9 Å². The number of aryl methyl sites for hydroxylation is 1. The van der Waals surface area contributed by atoms with Gasteiger partial charge in [0, 0.05) is 19.2 Å². The molecule has 0 radical (unpaired) electrons. The summed E-state index contributed by atoms with van der Waals surface area (Å²) in [6, 6.07) is 16.1. The summed E-state index contributed by atoms with van der Waals surface area (Å²) in [5.41, 5.74) is 2.72. The molecule has 2 aromatic carbocycles. The SMILES string of the molecule is Cn1cnc2cc(C(=O)[C@@H](C#N)C(=O)NCc3ccccc3)ccc21. The van der Waals surface area contributed by atoms with Gasteiger partial charge in [-0.05, 0) is 23.8 Å². The second kappa shape index (κ2) is 6.97. The van der Waals surface area contributed by atoms with Crippen LogP contribution in [0.1, 0.15) is 15.9 Å². The molecule has 1 N–H and O–H groups in total. The molecule has 1 aromatic heterocycles. The third-order valence-electron chi connectivity index (χ3n) is 3.97. The smallest absolute Gasteiger partial charge is 0.245 e. The highest BCUT2D eigenvalue weighted by atomic mass is 16.2. The summed E-state index contributed by atoms with van der Waals surface area (Å²) < 4.78 is 1.83. The normalized spacial score (nSPS) is 11.7. The molecule has 3 aromatic rings. The first-order valence-corrected chi connectivity index (χ1v) is 7.76. The molecule has 0 fully saturated rings. The number of imidazole rings is 1. The van der Waals surface area contributed by atoms with E-state index in [-0.39, 0.29) is 6.54 Å². The number of nitrogens with one attached hydrogen (secondary N) is 1. The third-order valence-corrected chi connectivity index (χ3v) is 3.97. The van der Waals surface area contributed by atoms with Crippen molar-refractivity contribution in [1.29, 1.82) is 5.26 Å². The van der Waals surface area contributed by atoms with E-state index in [1.54, 1.807) is 30.6 Å². The van der Waals surface area contributed by atoms with Crippen molar-refractivity contribution in [3.63, 3.8) is 0 Å². The van der Waals surface area contributed by atoms with E-state index >= 15 is 0 Å². The zero-order valence-corrected chi connectivity index (χ0v) is 13.6. The van der Waals surface area contributed by atoms with Crippen LogP contribution in [-0.2, 0) is 18.4 Å². The van der Waals surface area contributed by atoms with Gasteiger partial charge in [-0.1, -0.05) is 30.3 Å². The van der Waals surface area contributed by atoms with Crippen molar-refractivity contribution in [2.75, 3.05) is 0 Å². The molecule has 1 amide bonds. The molecule has 1 atom stereocenters. The van der Waals surface area contributed by atoms with Gasteiger partial charge >= 0.3 is 0 Å². The number of rotatable bonds is 5. The zero-order valence-electron chi connectivity index (χ0n) is 13.6. The zero-order chi connectivity index (χ0) is 17.8. The van der Waals surface area contributed by atoms with E-state index in [4.69, 9.17) is 0 Å². The third kappa shape index (κ3) is 3.40. The summed E-state index contributed by atoms with van der Waals surface area (Å²) in [6.07, 6.45) is 1.65. The highest BCUT2D eigenvalue weighted by molar-refractivity contribution is 6.12. The number of hydrogen-bond donors (Lipinski definition) is 1. The Kier molecular flexibility index (Phi) is 4.57. The van der Waals surface area contributed by atoms with Gasteiger partial charge in [0.15, 0.2) is 11.7 Å². The number of carbonyl (C=O) groups excluding carboxylic acids is 2. The number of nitriles is 1. The molecule has 0 aliphatic carbocycles. The van der Waals surface area contributed by atoms with Crippen molar-refractivity contribution in [2.45, 2.75) is 6.54 Å². The first-order valence-electron chi connectivity index (χ1n) is 7.76. The minimum Gasteiger partial charge on any atom is -0.350 e. The van der Waals surface area contributed by atoms with Gasteiger partial charge in [0.25, 0.3) is 0 Å². The quantitative estimate of drug-likeness (QED) is 0.573. The van der Waals surface area contributed by atoms with Crippen LogP contribution in [0.3, 0.4) is 0 Å². The van der Waals surface area contributed by atoms with Crippen LogP contribution in [0, 0.1) is 17.2 Å². The Morgan fingerprint density at radius 3 is 2.72 bits per heavy atom. The largest absolute Gasteiger partial charge is 0.350 e. The molecule has 0 spiro atoms. The van der Waals surface area contributed by atoms with Gasteiger partial charge in [-0.25, -0.2) is 4.98 Å². The highest BCUT2D eigenvalue weighted by Gasteiger charge is 2.27. The number of Topliss-reactive ketones (excluding diaryl/α,β-unsaturated/α-hetero) is 1. The van der Waals surface area contributed by atoms with Crippen LogP contribution in [0.25, 0.3) is 11.0 Å². The minimum atomic E-state index is -1.38. The summed E-state index contributed by atoms with van der Waals surface area (Å²) in [5.74, 6) is -2.51. The average molecular weight is 332 g/mol. The van der Waals surface area contributed by atoms with Gasteiger partial charge in [-0.2, -0.15) is 5.26 Å². The van der Waals surface area contributed by atoms with Crippen LogP contribution in [0.15, 0.2) is 54.9 Å². The second-order valence-electron chi connectivity index (χ2n) is 5.69. The Morgan fingerprint density at radius 2 is 2.00 bits per heavy atom. The molecule has 0 unspecified atom stereocenters. The highest BCUT2D eigenvalue weighted by Crippen LogP contribution is 2.17. The topological polar surface area (TPSA) is 87.8 Å². The second-order valence-corrected chi connectivity index (χ2v) is 5.69. The van der Waals surface area contributed by atoms with Crippen molar-refractivity contribution in [3.8, 4) is 6.07 Å². The fraction of sp³-hybridized carbons (Fsp3) is 0.158. The fourth-order valence-electron chi connectivity index (χ4n) is 2.58. The maximum absolute atomic E-state index is 12.6. The van der Waals surface area contributed by atoms with E-state index in [0.29, 0.717) is 11.1 Å². The number of hydrogen-bond acceptors (Lipinski definition) is 4. The molecule has 6 heteroatoms. The molecular weight excluding hydrogens is 316 g/mol. The predicted molar refractivity (Wildman–Crippen MR) is 92.4 cm³/mol. The van der Waals surface area contributed by atoms with Crippen LogP contribution in [0.4, 0.5) is 0 Å². The first kappa shape index (κ1) is 16.4. The molecular formula is C19H16N4O2. The molecule has 3 rings (SSSR count). The van der Waals surface area contributed by atoms with Gasteiger partial charge in [0.1, 0.15) is 0 Å². The van der Waals surface area contributed by atoms with Crippen LogP contribution in [0.2, 0.25) is 0 Å². The molecule has 0 bridgehead atoms. The van der Waals surface area contributed by atoms with Gasteiger partial charge in [-0.15, -0.1) is 0 Å². The van der Waals surface area contributed by atoms with Crippen molar-refractivity contribution in [3.05, 3.63) is 66.0 Å². The number of aromatic nitrogens is 2. The lowest BCUT2D eigenvalue weighted by Gasteiger charge is -2.10. The van der Waals surface area contributed by atoms with E-state index in [9.17, 15) is 14.9 Å². The standard InChI is InChI=1S/C19H16N4O2/c1-23-12-22-16-9-14(7-8-17(16)23)18(24)15(10-20)19(25)21-11-13-5-3-2-4-6-13/h2-9,12,15H,11H2,1H3,(H,21,25)/t15-/m1/s1. The molecule has 1 heterocycles. The maximum atomic E-state index is 12.6. The van der Waals surface area contributed by atoms with Crippen molar-refractivity contribution < 1.29 is 9.59 Å². The number of ketones is 1. The minimum absolute atomic E-state index is 0.268. The van der Waals surface area contributed by atoms with Gasteiger partial charge < -0.3 is 9.88 Å². The Bertz CT molecular complexity index is 970. The van der Waals surface area contributed by atoms with Crippen LogP contribution in [-0.4, -0.2) is 21.2 Å². The summed E-state index contributed by atoms with van der Waals surface area (Å²) in [7, 11) is 1.85. The number of carbonyl (C=O) groups is 2. The monoisotopic (exact) mass is 332 g/mol. The molecule has 0 saturated carbocycles. The lowest BCUT2D eigenvalue weighted by molar-refractivity contribution is -0.122. The predicted octanol–water partition coefficient (Wildman–Crippen LogP) is 2.21. The Balaban J connectivity index is 1.75. The van der Waals surface area contributed by atoms with Crippen molar-refractivity contribution >= 4 is 22.7 Å². The molecule has 0 aliphatic rings. The van der Waals surface area contributed by atoms with Crippen LogP contribution in [0.5, 0.6) is 0 Å². The van der Waals surface area contributed by atoms with Crippen molar-refractivity contribution in [2.24, 2.45) is 13.0 Å². The summed E-state index contributed by atoms with van der Waals surface area (Å²) in [4.78, 5) is 29.0. The van der Waals surface area contributed by atoms with Crippen LogP contribution >= 0.6 is 0 Å². The summed E-state index contributed by atoms with van der Waals surface area (Å²) >= 11 is 0. The molecule has 25 heavy (non-hydrogen) atoms. The Labute approximate surface area is 144 Å². The van der Waals surface area contributed by atoms with Gasteiger partial charge in [-0.3, -0.25) is 9.59 Å². The lowest BCUT2D eigenvalue weighted by Crippen LogP contribution is -2.34. The Morgan fingerprint density at radius 1 is 1.24 bits per heavy atom. The molecule has 0 aliphatic heterocycles. The average Bonchev–Trinajstić information content (AvgIpc) is 3.02. The molecule has 0 saturated heterocycles. The number of fused-ring (bicyclic) bond motifs is 1. The summed E-state index contributed by atoms with van der Waals surface area (Å²) in [6.45, 7) is 0.268. The maximum Gasteiger partial charge on any atom is 0.245 e. The number of amides is 1. The van der Waals surface area contributed by atoms with E-state index in [0.717, 1.165) is 11.1 Å². The van der Waals surface area contributed by atoms with Gasteiger partial charge in [0.05, 0.1) is 23.4 Å². The fourth-order valence-corrected chi connectivity index (χ4v) is 2.58. The first-order chi connectivity index (χ1) is 12.1. The number of benzene rings is 2. The van der Waals surface area contributed by atoms with Gasteiger partial charge in [0.2, 0.25) is 5.91 Å². The summed E-state index contributed by atoms with van der Waals surface area (Å²) in [5, 5.41) is 11.9. The van der Waals surface area contributed by atoms with Crippen molar-refractivity contribution in [1.82, 2.24) is 14.9 Å². The van der Waals surface area contributed by atoms with E-state index in [2.05, 4.69) is 10.3 Å². The number of nitrogens with zero attached hydrogens (tertiary/aromatic N) is 3. The molecule has 6 nitrogen and oxygen atoms in total. The Hall–Kier alpha value is -3.46.